The average molecular weight is 278 g/mol. The minimum atomic E-state index is -0.262. The first-order valence-corrected chi connectivity index (χ1v) is 6.54. The van der Waals surface area contributed by atoms with Gasteiger partial charge in [-0.3, -0.25) is 0 Å². The highest BCUT2D eigenvalue weighted by Gasteiger charge is 2.17. The zero-order valence-corrected chi connectivity index (χ0v) is 11.0. The van der Waals surface area contributed by atoms with Crippen LogP contribution in [0, 0.1) is 5.82 Å². The summed E-state index contributed by atoms with van der Waals surface area (Å²) >= 11 is 6.08. The van der Waals surface area contributed by atoms with E-state index >= 15 is 0 Å². The highest BCUT2D eigenvalue weighted by atomic mass is 35.5. The number of halogens is 2. The summed E-state index contributed by atoms with van der Waals surface area (Å²) in [5, 5.41) is 3.76. The van der Waals surface area contributed by atoms with E-state index < -0.39 is 0 Å². The maximum absolute atomic E-state index is 13.5. The van der Waals surface area contributed by atoms with E-state index in [2.05, 4.69) is 5.32 Å². The third-order valence-corrected chi connectivity index (χ3v) is 3.39. The molecule has 0 atom stereocenters. The van der Waals surface area contributed by atoms with Gasteiger partial charge in [0.15, 0.2) is 0 Å². The number of benzene rings is 2. The van der Waals surface area contributed by atoms with Crippen molar-refractivity contribution < 1.29 is 9.13 Å². The van der Waals surface area contributed by atoms with Crippen LogP contribution in [0.5, 0.6) is 5.75 Å². The van der Waals surface area contributed by atoms with Crippen LogP contribution >= 0.6 is 11.6 Å². The number of fused-ring (bicyclic) bond motifs is 1. The van der Waals surface area contributed by atoms with Crippen LogP contribution in [0.4, 0.5) is 10.1 Å². The molecule has 1 aliphatic heterocycles. The van der Waals surface area contributed by atoms with E-state index in [4.69, 9.17) is 16.3 Å². The van der Waals surface area contributed by atoms with Gasteiger partial charge in [0.2, 0.25) is 0 Å². The summed E-state index contributed by atoms with van der Waals surface area (Å²) in [7, 11) is 0. The van der Waals surface area contributed by atoms with Crippen molar-refractivity contribution >= 4 is 17.3 Å². The van der Waals surface area contributed by atoms with Gasteiger partial charge in [-0.25, -0.2) is 4.39 Å². The first kappa shape index (κ1) is 12.3. The second kappa shape index (κ2) is 5.10. The molecule has 4 heteroatoms. The van der Waals surface area contributed by atoms with Crippen molar-refractivity contribution in [1.82, 2.24) is 0 Å². The number of anilines is 1. The summed E-state index contributed by atoms with van der Waals surface area (Å²) in [6.45, 7) is 1.17. The topological polar surface area (TPSA) is 21.3 Å². The maximum atomic E-state index is 13.5. The van der Waals surface area contributed by atoms with E-state index in [1.807, 2.05) is 12.1 Å². The molecule has 0 saturated carbocycles. The number of hydrogen-bond acceptors (Lipinski definition) is 2. The van der Waals surface area contributed by atoms with Gasteiger partial charge in [-0.15, -0.1) is 0 Å². The predicted molar refractivity (Wildman–Crippen MR) is 74.4 cm³/mol. The van der Waals surface area contributed by atoms with E-state index in [0.717, 1.165) is 23.3 Å². The third kappa shape index (κ3) is 2.51. The second-order valence-corrected chi connectivity index (χ2v) is 4.92. The number of ether oxygens (including phenoxy) is 1. The van der Waals surface area contributed by atoms with E-state index in [0.29, 0.717) is 23.9 Å². The Balaban J connectivity index is 1.83. The Hall–Kier alpha value is -1.74. The van der Waals surface area contributed by atoms with Crippen LogP contribution in [0.2, 0.25) is 5.02 Å². The summed E-state index contributed by atoms with van der Waals surface area (Å²) in [5.41, 5.74) is 2.57. The van der Waals surface area contributed by atoms with E-state index in [9.17, 15) is 4.39 Å². The number of nitrogens with one attached hydrogen (secondary N) is 1. The number of hydrogen-bond donors (Lipinski definition) is 1. The lowest BCUT2D eigenvalue weighted by Crippen LogP contribution is -2.03. The standard InChI is InChI=1S/C15H13ClFNO/c16-12-7-10-5-6-19-15(10)11(8-12)9-18-14-4-2-1-3-13(14)17/h1-4,7-8,18H,5-6,9H2. The lowest BCUT2D eigenvalue weighted by molar-refractivity contribution is 0.354. The van der Waals surface area contributed by atoms with Gasteiger partial charge in [0.1, 0.15) is 11.6 Å². The molecule has 0 radical (unpaired) electrons. The lowest BCUT2D eigenvalue weighted by atomic mass is 10.1. The van der Waals surface area contributed by atoms with Crippen molar-refractivity contribution in [3.63, 3.8) is 0 Å². The minimum Gasteiger partial charge on any atom is -0.493 e. The molecule has 19 heavy (non-hydrogen) atoms. The molecule has 1 heterocycles. The molecular formula is C15H13ClFNO. The van der Waals surface area contributed by atoms with Gasteiger partial charge < -0.3 is 10.1 Å². The van der Waals surface area contributed by atoms with E-state index in [-0.39, 0.29) is 5.82 Å². The van der Waals surface area contributed by atoms with Crippen LogP contribution in [0.15, 0.2) is 36.4 Å². The Morgan fingerprint density at radius 3 is 2.95 bits per heavy atom. The van der Waals surface area contributed by atoms with Crippen LogP contribution in [0.3, 0.4) is 0 Å². The molecule has 1 aliphatic rings. The Bertz CT molecular complexity index is 615. The van der Waals surface area contributed by atoms with Gasteiger partial charge in [0, 0.05) is 23.6 Å². The SMILES string of the molecule is Fc1ccccc1NCc1cc(Cl)cc2c1OCC2. The Labute approximate surface area is 116 Å². The molecule has 0 amide bonds. The van der Waals surface area contributed by atoms with Crippen molar-refractivity contribution in [3.8, 4) is 5.75 Å². The van der Waals surface area contributed by atoms with Gasteiger partial charge in [0.25, 0.3) is 0 Å². The maximum Gasteiger partial charge on any atom is 0.146 e. The summed E-state index contributed by atoms with van der Waals surface area (Å²) < 4.78 is 19.1. The first-order chi connectivity index (χ1) is 9.24. The molecular weight excluding hydrogens is 265 g/mol. The Kier molecular flexibility index (Phi) is 3.30. The third-order valence-electron chi connectivity index (χ3n) is 3.17. The molecule has 0 spiro atoms. The van der Waals surface area contributed by atoms with Crippen LogP contribution in [-0.2, 0) is 13.0 Å². The van der Waals surface area contributed by atoms with Crippen LogP contribution in [-0.4, -0.2) is 6.61 Å². The minimum absolute atomic E-state index is 0.262. The predicted octanol–water partition coefficient (Wildman–Crippen LogP) is 4.03. The molecule has 3 rings (SSSR count). The number of rotatable bonds is 3. The quantitative estimate of drug-likeness (QED) is 0.915. The van der Waals surface area contributed by atoms with Crippen molar-refractivity contribution in [3.05, 3.63) is 58.4 Å². The molecule has 0 unspecified atom stereocenters. The fourth-order valence-corrected chi connectivity index (χ4v) is 2.54. The van der Waals surface area contributed by atoms with Crippen LogP contribution < -0.4 is 10.1 Å². The van der Waals surface area contributed by atoms with E-state index in [1.165, 1.54) is 6.07 Å². The summed E-state index contributed by atoms with van der Waals surface area (Å²) in [6.07, 6.45) is 0.878. The van der Waals surface area contributed by atoms with Gasteiger partial charge in [-0.05, 0) is 29.8 Å². The Morgan fingerprint density at radius 2 is 2.11 bits per heavy atom. The van der Waals surface area contributed by atoms with Gasteiger partial charge in [0.05, 0.1) is 12.3 Å². The first-order valence-electron chi connectivity index (χ1n) is 6.16. The largest absolute Gasteiger partial charge is 0.493 e. The molecule has 2 aromatic carbocycles. The van der Waals surface area contributed by atoms with Crippen molar-refractivity contribution in [2.24, 2.45) is 0 Å². The monoisotopic (exact) mass is 277 g/mol. The fourth-order valence-electron chi connectivity index (χ4n) is 2.27. The average Bonchev–Trinajstić information content (AvgIpc) is 2.85. The molecule has 0 fully saturated rings. The summed E-state index contributed by atoms with van der Waals surface area (Å²) in [4.78, 5) is 0. The molecule has 2 nitrogen and oxygen atoms in total. The fraction of sp³-hybridized carbons (Fsp3) is 0.200. The normalized spacial score (nSPS) is 12.9. The second-order valence-electron chi connectivity index (χ2n) is 4.49. The molecule has 2 aromatic rings. The van der Waals surface area contributed by atoms with Crippen LogP contribution in [0.25, 0.3) is 0 Å². The summed E-state index contributed by atoms with van der Waals surface area (Å²) in [5.74, 6) is 0.621. The highest BCUT2D eigenvalue weighted by molar-refractivity contribution is 6.30. The van der Waals surface area contributed by atoms with Crippen LogP contribution in [0.1, 0.15) is 11.1 Å². The zero-order valence-electron chi connectivity index (χ0n) is 10.2. The smallest absolute Gasteiger partial charge is 0.146 e. The molecule has 0 bridgehead atoms. The van der Waals surface area contributed by atoms with Crippen molar-refractivity contribution in [2.75, 3.05) is 11.9 Å². The van der Waals surface area contributed by atoms with Gasteiger partial charge in [-0.2, -0.15) is 0 Å². The molecule has 0 aliphatic carbocycles. The highest BCUT2D eigenvalue weighted by Crippen LogP contribution is 2.33. The Morgan fingerprint density at radius 1 is 1.26 bits per heavy atom. The molecule has 0 saturated heterocycles. The number of para-hydroxylation sites is 1. The van der Waals surface area contributed by atoms with Crippen molar-refractivity contribution in [2.45, 2.75) is 13.0 Å². The van der Waals surface area contributed by atoms with Crippen molar-refractivity contribution in [1.29, 1.82) is 0 Å². The zero-order chi connectivity index (χ0) is 13.2. The molecule has 0 aromatic heterocycles. The van der Waals surface area contributed by atoms with E-state index in [1.54, 1.807) is 18.2 Å². The van der Waals surface area contributed by atoms with Gasteiger partial charge in [-0.1, -0.05) is 23.7 Å². The molecule has 98 valence electrons. The molecule has 1 N–H and O–H groups in total. The lowest BCUT2D eigenvalue weighted by Gasteiger charge is -2.11. The van der Waals surface area contributed by atoms with Gasteiger partial charge >= 0.3 is 0 Å². The summed E-state index contributed by atoms with van der Waals surface area (Å²) in [6, 6.07) is 10.4.